The van der Waals surface area contributed by atoms with Crippen LogP contribution in [0.3, 0.4) is 0 Å². The summed E-state index contributed by atoms with van der Waals surface area (Å²) in [5.41, 5.74) is 2.09. The molecular formula is C18H27N5O. The van der Waals surface area contributed by atoms with E-state index < -0.39 is 0 Å². The third kappa shape index (κ3) is 4.06. The summed E-state index contributed by atoms with van der Waals surface area (Å²) in [4.78, 5) is 11.4. The number of likely N-dealkylation sites (tertiary alicyclic amines) is 1. The summed E-state index contributed by atoms with van der Waals surface area (Å²) in [7, 11) is 1.85. The van der Waals surface area contributed by atoms with Crippen LogP contribution in [0.5, 0.6) is 0 Å². The summed E-state index contributed by atoms with van der Waals surface area (Å²) < 4.78 is 7.77. The first-order valence-electron chi connectivity index (χ1n) is 8.80. The van der Waals surface area contributed by atoms with Gasteiger partial charge in [0.05, 0.1) is 11.8 Å². The minimum atomic E-state index is 0.405. The molecule has 1 fully saturated rings. The Morgan fingerprint density at radius 2 is 2.21 bits per heavy atom. The molecule has 0 amide bonds. The minimum Gasteiger partial charge on any atom is -0.378 e. The monoisotopic (exact) mass is 329 g/mol. The fourth-order valence-electron chi connectivity index (χ4n) is 3.21. The number of aliphatic imine (C=N–C) groups is 1. The number of guanidine groups is 1. The van der Waals surface area contributed by atoms with Crippen molar-refractivity contribution in [2.45, 2.75) is 32.3 Å². The molecular weight excluding hydrogens is 302 g/mol. The standard InChI is InChI=1S/C18H27N5O/c1-3-24-16-8-12-22(13-9-16)18(19-2)20-10-7-15-14-23-11-5-4-6-17(23)21-15/h4-6,11,14,16H,3,7-10,12-13H2,1-2H3,(H,19,20). The molecule has 0 bridgehead atoms. The Hall–Kier alpha value is -2.08. The van der Waals surface area contributed by atoms with Crippen LogP contribution in [0.1, 0.15) is 25.5 Å². The number of hydrogen-bond acceptors (Lipinski definition) is 3. The molecule has 0 aromatic carbocycles. The molecule has 2 aromatic heterocycles. The van der Waals surface area contributed by atoms with Gasteiger partial charge in [0.1, 0.15) is 5.65 Å². The van der Waals surface area contributed by atoms with Crippen molar-refractivity contribution < 1.29 is 4.74 Å². The van der Waals surface area contributed by atoms with E-state index in [1.807, 2.05) is 31.4 Å². The molecule has 0 radical (unpaired) electrons. The van der Waals surface area contributed by atoms with Crippen LogP contribution in [0.25, 0.3) is 5.65 Å². The topological polar surface area (TPSA) is 54.2 Å². The van der Waals surface area contributed by atoms with E-state index in [0.717, 1.165) is 62.8 Å². The largest absolute Gasteiger partial charge is 0.378 e. The SMILES string of the molecule is CCOC1CCN(C(=NC)NCCc2cn3ccccc3n2)CC1. The van der Waals surface area contributed by atoms with Gasteiger partial charge in [-0.3, -0.25) is 4.99 Å². The Kier molecular flexibility index (Phi) is 5.69. The second kappa shape index (κ2) is 8.15. The van der Waals surface area contributed by atoms with Gasteiger partial charge < -0.3 is 19.4 Å². The van der Waals surface area contributed by atoms with Crippen LogP contribution < -0.4 is 5.32 Å². The Bertz CT molecular complexity index is 640. The summed E-state index contributed by atoms with van der Waals surface area (Å²) >= 11 is 0. The lowest BCUT2D eigenvalue weighted by Gasteiger charge is -2.34. The number of pyridine rings is 1. The fraction of sp³-hybridized carbons (Fsp3) is 0.556. The molecule has 1 N–H and O–H groups in total. The molecule has 3 rings (SSSR count). The Morgan fingerprint density at radius 3 is 2.92 bits per heavy atom. The Morgan fingerprint density at radius 1 is 1.38 bits per heavy atom. The zero-order valence-electron chi connectivity index (χ0n) is 14.6. The lowest BCUT2D eigenvalue weighted by Crippen LogP contribution is -2.47. The molecule has 1 aliphatic rings. The van der Waals surface area contributed by atoms with Gasteiger partial charge in [-0.25, -0.2) is 4.98 Å². The number of imidazole rings is 1. The highest BCUT2D eigenvalue weighted by atomic mass is 16.5. The average molecular weight is 329 g/mol. The Balaban J connectivity index is 1.48. The molecule has 2 aromatic rings. The van der Waals surface area contributed by atoms with Crippen molar-refractivity contribution in [3.05, 3.63) is 36.3 Å². The summed E-state index contributed by atoms with van der Waals surface area (Å²) in [6, 6.07) is 6.06. The van der Waals surface area contributed by atoms with Gasteiger partial charge in [0, 0.05) is 52.1 Å². The van der Waals surface area contributed by atoms with E-state index in [1.54, 1.807) is 0 Å². The van der Waals surface area contributed by atoms with E-state index in [2.05, 4.69) is 37.7 Å². The average Bonchev–Trinajstić information content (AvgIpc) is 3.03. The molecule has 0 atom stereocenters. The molecule has 0 spiro atoms. The molecule has 6 heteroatoms. The lowest BCUT2D eigenvalue weighted by atomic mass is 10.1. The van der Waals surface area contributed by atoms with E-state index in [9.17, 15) is 0 Å². The molecule has 3 heterocycles. The van der Waals surface area contributed by atoms with Crippen LogP contribution in [-0.2, 0) is 11.2 Å². The van der Waals surface area contributed by atoms with Gasteiger partial charge in [0.25, 0.3) is 0 Å². The van der Waals surface area contributed by atoms with Crippen LogP contribution in [0.15, 0.2) is 35.6 Å². The van der Waals surface area contributed by atoms with Gasteiger partial charge in [-0.1, -0.05) is 6.07 Å². The number of ether oxygens (including phenoxy) is 1. The maximum absolute atomic E-state index is 5.71. The number of fused-ring (bicyclic) bond motifs is 1. The normalized spacial score (nSPS) is 16.8. The smallest absolute Gasteiger partial charge is 0.193 e. The second-order valence-corrected chi connectivity index (χ2v) is 6.06. The van der Waals surface area contributed by atoms with Crippen molar-refractivity contribution in [2.75, 3.05) is 33.3 Å². The van der Waals surface area contributed by atoms with Gasteiger partial charge in [0.2, 0.25) is 0 Å². The molecule has 1 aliphatic heterocycles. The highest BCUT2D eigenvalue weighted by Gasteiger charge is 2.21. The number of nitrogens with one attached hydrogen (secondary N) is 1. The molecule has 24 heavy (non-hydrogen) atoms. The van der Waals surface area contributed by atoms with E-state index >= 15 is 0 Å². The third-order valence-corrected chi connectivity index (χ3v) is 4.43. The van der Waals surface area contributed by atoms with Crippen molar-refractivity contribution in [1.29, 1.82) is 0 Å². The minimum absolute atomic E-state index is 0.405. The van der Waals surface area contributed by atoms with Gasteiger partial charge in [-0.05, 0) is 31.9 Å². The molecule has 0 unspecified atom stereocenters. The molecule has 0 aliphatic carbocycles. The number of nitrogens with zero attached hydrogens (tertiary/aromatic N) is 4. The van der Waals surface area contributed by atoms with Crippen molar-refractivity contribution in [3.63, 3.8) is 0 Å². The zero-order chi connectivity index (χ0) is 16.8. The first kappa shape index (κ1) is 16.8. The Labute approximate surface area is 143 Å². The summed E-state index contributed by atoms with van der Waals surface area (Å²) in [5, 5.41) is 3.46. The van der Waals surface area contributed by atoms with Crippen molar-refractivity contribution in [3.8, 4) is 0 Å². The maximum Gasteiger partial charge on any atom is 0.193 e. The number of aromatic nitrogens is 2. The van der Waals surface area contributed by atoms with Gasteiger partial charge >= 0.3 is 0 Å². The molecule has 6 nitrogen and oxygen atoms in total. The van der Waals surface area contributed by atoms with Gasteiger partial charge in [0.15, 0.2) is 5.96 Å². The highest BCUT2D eigenvalue weighted by molar-refractivity contribution is 5.79. The van der Waals surface area contributed by atoms with Crippen LogP contribution in [0, 0.1) is 0 Å². The predicted molar refractivity (Wildman–Crippen MR) is 96.5 cm³/mol. The number of piperidine rings is 1. The van der Waals surface area contributed by atoms with Crippen molar-refractivity contribution in [1.82, 2.24) is 19.6 Å². The van der Waals surface area contributed by atoms with Crippen LogP contribution >= 0.6 is 0 Å². The van der Waals surface area contributed by atoms with Crippen LogP contribution in [0.2, 0.25) is 0 Å². The van der Waals surface area contributed by atoms with E-state index in [-0.39, 0.29) is 0 Å². The second-order valence-electron chi connectivity index (χ2n) is 6.06. The van der Waals surface area contributed by atoms with Crippen LogP contribution in [-0.4, -0.2) is 59.6 Å². The van der Waals surface area contributed by atoms with Crippen LogP contribution in [0.4, 0.5) is 0 Å². The van der Waals surface area contributed by atoms with E-state index in [0.29, 0.717) is 6.10 Å². The molecule has 130 valence electrons. The van der Waals surface area contributed by atoms with Gasteiger partial charge in [-0.15, -0.1) is 0 Å². The lowest BCUT2D eigenvalue weighted by molar-refractivity contribution is 0.0264. The highest BCUT2D eigenvalue weighted by Crippen LogP contribution is 2.13. The summed E-state index contributed by atoms with van der Waals surface area (Å²) in [6.07, 6.45) is 7.55. The molecule has 0 saturated carbocycles. The summed E-state index contributed by atoms with van der Waals surface area (Å²) in [6.45, 7) is 5.70. The quantitative estimate of drug-likeness (QED) is 0.673. The van der Waals surface area contributed by atoms with E-state index in [1.165, 1.54) is 0 Å². The fourth-order valence-corrected chi connectivity index (χ4v) is 3.21. The number of rotatable bonds is 5. The summed E-state index contributed by atoms with van der Waals surface area (Å²) in [5.74, 6) is 0.980. The first-order valence-corrected chi connectivity index (χ1v) is 8.80. The third-order valence-electron chi connectivity index (χ3n) is 4.43. The maximum atomic E-state index is 5.71. The number of hydrogen-bond donors (Lipinski definition) is 1. The predicted octanol–water partition coefficient (Wildman–Crippen LogP) is 1.95. The van der Waals surface area contributed by atoms with E-state index in [4.69, 9.17) is 4.74 Å². The van der Waals surface area contributed by atoms with Gasteiger partial charge in [-0.2, -0.15) is 0 Å². The zero-order valence-corrected chi connectivity index (χ0v) is 14.6. The van der Waals surface area contributed by atoms with Crippen molar-refractivity contribution >= 4 is 11.6 Å². The first-order chi connectivity index (χ1) is 11.8. The van der Waals surface area contributed by atoms with Crippen molar-refractivity contribution in [2.24, 2.45) is 4.99 Å². The molecule has 1 saturated heterocycles.